The second kappa shape index (κ2) is 8.26. The third-order valence-corrected chi connectivity index (χ3v) is 4.24. The van der Waals surface area contributed by atoms with Gasteiger partial charge in [-0.2, -0.15) is 5.10 Å². The largest absolute Gasteiger partial charge is 0.350 e. The van der Waals surface area contributed by atoms with Crippen LogP contribution in [0.5, 0.6) is 0 Å². The summed E-state index contributed by atoms with van der Waals surface area (Å²) in [6.07, 6.45) is 3.53. The zero-order valence-electron chi connectivity index (χ0n) is 14.6. The Morgan fingerprint density at radius 1 is 1.38 bits per heavy atom. The van der Waals surface area contributed by atoms with E-state index in [1.807, 2.05) is 13.2 Å². The predicted octanol–water partition coefficient (Wildman–Crippen LogP) is 2.60. The van der Waals surface area contributed by atoms with Gasteiger partial charge in [-0.15, -0.1) is 0 Å². The molecule has 0 saturated heterocycles. The molecule has 6 nitrogen and oxygen atoms in total. The summed E-state index contributed by atoms with van der Waals surface area (Å²) in [7, 11) is 1.83. The predicted molar refractivity (Wildman–Crippen MR) is 96.2 cm³/mol. The highest BCUT2D eigenvalue weighted by Gasteiger charge is 2.14. The maximum Gasteiger partial charge on any atom is 0.251 e. The minimum absolute atomic E-state index is 0.150. The van der Waals surface area contributed by atoms with E-state index in [-0.39, 0.29) is 11.9 Å². The normalized spacial score (nSPS) is 12.4. The molecule has 0 spiro atoms. The van der Waals surface area contributed by atoms with Crippen LogP contribution in [-0.2, 0) is 7.05 Å². The molecule has 0 saturated carbocycles. The van der Waals surface area contributed by atoms with Gasteiger partial charge in [-0.3, -0.25) is 14.4 Å². The van der Waals surface area contributed by atoms with E-state index in [0.717, 1.165) is 18.7 Å². The highest BCUT2D eigenvalue weighted by atomic mass is 35.5. The van der Waals surface area contributed by atoms with Gasteiger partial charge in [-0.05, 0) is 32.1 Å². The van der Waals surface area contributed by atoms with Crippen molar-refractivity contribution < 1.29 is 4.79 Å². The Morgan fingerprint density at radius 3 is 2.67 bits per heavy atom. The lowest BCUT2D eigenvalue weighted by molar-refractivity contribution is 0.0938. The van der Waals surface area contributed by atoms with E-state index in [1.54, 1.807) is 23.0 Å². The molecule has 1 N–H and O–H groups in total. The molecule has 2 aromatic heterocycles. The van der Waals surface area contributed by atoms with Crippen LogP contribution < -0.4 is 5.32 Å². The molecule has 2 aromatic rings. The maximum atomic E-state index is 12.5. The van der Waals surface area contributed by atoms with Gasteiger partial charge in [0.1, 0.15) is 5.15 Å². The number of carbonyl (C=O) groups excluding carboxylic acids is 1. The molecule has 0 radical (unpaired) electrons. The standard InChI is InChI=1S/C17H24ClN5O/c1-5-23(6-2)12(3)9-19-17(24)13-7-15(21-16(18)8-13)14-10-20-22(4)11-14/h7-8,10-12H,5-6,9H2,1-4H3,(H,19,24)/t12-/m0/s1. The molecule has 0 aliphatic heterocycles. The molecule has 2 heterocycles. The molecule has 0 aliphatic rings. The summed E-state index contributed by atoms with van der Waals surface area (Å²) in [5.41, 5.74) is 1.96. The fourth-order valence-corrected chi connectivity index (χ4v) is 2.86. The van der Waals surface area contributed by atoms with E-state index in [9.17, 15) is 4.79 Å². The molecule has 0 bridgehead atoms. The summed E-state index contributed by atoms with van der Waals surface area (Å²) in [6, 6.07) is 3.60. The number of amides is 1. The Balaban J connectivity index is 2.11. The first-order chi connectivity index (χ1) is 11.4. The molecule has 7 heteroatoms. The summed E-state index contributed by atoms with van der Waals surface area (Å²) in [5, 5.41) is 7.38. The number of aromatic nitrogens is 3. The quantitative estimate of drug-likeness (QED) is 0.780. The Bertz CT molecular complexity index is 696. The number of aryl methyl sites for hydroxylation is 1. The van der Waals surface area contributed by atoms with Gasteiger partial charge in [-0.1, -0.05) is 25.4 Å². The topological polar surface area (TPSA) is 63.1 Å². The second-order valence-electron chi connectivity index (χ2n) is 5.75. The van der Waals surface area contributed by atoms with Crippen molar-refractivity contribution in [1.82, 2.24) is 25.0 Å². The number of halogens is 1. The number of pyridine rings is 1. The molecule has 0 fully saturated rings. The lowest BCUT2D eigenvalue weighted by Crippen LogP contribution is -2.42. The van der Waals surface area contributed by atoms with Crippen LogP contribution >= 0.6 is 11.6 Å². The highest BCUT2D eigenvalue weighted by molar-refractivity contribution is 6.29. The zero-order valence-corrected chi connectivity index (χ0v) is 15.3. The van der Waals surface area contributed by atoms with E-state index in [2.05, 4.69) is 41.1 Å². The molecule has 24 heavy (non-hydrogen) atoms. The van der Waals surface area contributed by atoms with Crippen molar-refractivity contribution in [3.8, 4) is 11.3 Å². The fraction of sp³-hybridized carbons (Fsp3) is 0.471. The van der Waals surface area contributed by atoms with Crippen molar-refractivity contribution in [3.63, 3.8) is 0 Å². The zero-order chi connectivity index (χ0) is 17.7. The third-order valence-electron chi connectivity index (χ3n) is 4.05. The Hall–Kier alpha value is -1.92. The average Bonchev–Trinajstić information content (AvgIpc) is 2.99. The monoisotopic (exact) mass is 349 g/mol. The number of nitrogens with one attached hydrogen (secondary N) is 1. The van der Waals surface area contributed by atoms with Gasteiger partial charge in [-0.25, -0.2) is 4.98 Å². The molecule has 1 amide bonds. The van der Waals surface area contributed by atoms with Gasteiger partial charge >= 0.3 is 0 Å². The van der Waals surface area contributed by atoms with Crippen LogP contribution in [0.2, 0.25) is 5.15 Å². The molecule has 0 aliphatic carbocycles. The lowest BCUT2D eigenvalue weighted by Gasteiger charge is -2.26. The minimum atomic E-state index is -0.150. The van der Waals surface area contributed by atoms with Gasteiger partial charge in [0.15, 0.2) is 0 Å². The smallest absolute Gasteiger partial charge is 0.251 e. The van der Waals surface area contributed by atoms with Crippen LogP contribution in [-0.4, -0.2) is 51.2 Å². The Morgan fingerprint density at radius 2 is 2.08 bits per heavy atom. The molecule has 1 atom stereocenters. The fourth-order valence-electron chi connectivity index (χ4n) is 2.65. The van der Waals surface area contributed by atoms with E-state index < -0.39 is 0 Å². The van der Waals surface area contributed by atoms with Gasteiger partial charge in [0.05, 0.1) is 11.9 Å². The number of carbonyl (C=O) groups is 1. The number of hydrogen-bond donors (Lipinski definition) is 1. The van der Waals surface area contributed by atoms with E-state index >= 15 is 0 Å². The van der Waals surface area contributed by atoms with Crippen LogP contribution in [0.1, 0.15) is 31.1 Å². The van der Waals surface area contributed by atoms with Crippen molar-refractivity contribution in [3.05, 3.63) is 35.2 Å². The summed E-state index contributed by atoms with van der Waals surface area (Å²) in [6.45, 7) is 8.84. The van der Waals surface area contributed by atoms with Crippen LogP contribution in [0, 0.1) is 0 Å². The summed E-state index contributed by atoms with van der Waals surface area (Å²) in [5.74, 6) is -0.150. The molecule has 0 unspecified atom stereocenters. The van der Waals surface area contributed by atoms with Crippen LogP contribution in [0.4, 0.5) is 0 Å². The first-order valence-corrected chi connectivity index (χ1v) is 8.51. The number of likely N-dealkylation sites (N-methyl/N-ethyl adjacent to an activating group) is 1. The van der Waals surface area contributed by atoms with Gasteiger partial charge in [0.25, 0.3) is 5.91 Å². The van der Waals surface area contributed by atoms with Crippen molar-refractivity contribution in [2.24, 2.45) is 7.05 Å². The number of hydrogen-bond acceptors (Lipinski definition) is 4. The van der Waals surface area contributed by atoms with Gasteiger partial charge in [0, 0.05) is 37.0 Å². The van der Waals surface area contributed by atoms with Crippen LogP contribution in [0.3, 0.4) is 0 Å². The van der Waals surface area contributed by atoms with Gasteiger partial charge in [0.2, 0.25) is 0 Å². The molecular weight excluding hydrogens is 326 g/mol. The Kier molecular flexibility index (Phi) is 6.34. The number of rotatable bonds is 7. The SMILES string of the molecule is CCN(CC)[C@@H](C)CNC(=O)c1cc(Cl)nc(-c2cnn(C)c2)c1. The van der Waals surface area contributed by atoms with E-state index in [1.165, 1.54) is 0 Å². The van der Waals surface area contributed by atoms with E-state index in [0.29, 0.717) is 23.0 Å². The first kappa shape index (κ1) is 18.4. The third kappa shape index (κ3) is 4.55. The molecule has 0 aromatic carbocycles. The summed E-state index contributed by atoms with van der Waals surface area (Å²) < 4.78 is 1.68. The lowest BCUT2D eigenvalue weighted by atomic mass is 10.1. The van der Waals surface area contributed by atoms with E-state index in [4.69, 9.17) is 11.6 Å². The molecular formula is C17H24ClN5O. The van der Waals surface area contributed by atoms with Crippen molar-refractivity contribution in [2.75, 3.05) is 19.6 Å². The van der Waals surface area contributed by atoms with Crippen LogP contribution in [0.25, 0.3) is 11.3 Å². The van der Waals surface area contributed by atoms with Crippen molar-refractivity contribution in [2.45, 2.75) is 26.8 Å². The highest BCUT2D eigenvalue weighted by Crippen LogP contribution is 2.20. The second-order valence-corrected chi connectivity index (χ2v) is 6.13. The minimum Gasteiger partial charge on any atom is -0.350 e. The Labute approximate surface area is 147 Å². The first-order valence-electron chi connectivity index (χ1n) is 8.13. The average molecular weight is 350 g/mol. The maximum absolute atomic E-state index is 12.5. The van der Waals surface area contributed by atoms with Crippen molar-refractivity contribution >= 4 is 17.5 Å². The summed E-state index contributed by atoms with van der Waals surface area (Å²) in [4.78, 5) is 19.0. The van der Waals surface area contributed by atoms with Gasteiger partial charge < -0.3 is 5.32 Å². The summed E-state index contributed by atoms with van der Waals surface area (Å²) >= 11 is 6.08. The molecule has 130 valence electrons. The molecule has 2 rings (SSSR count). The number of nitrogens with zero attached hydrogens (tertiary/aromatic N) is 4. The van der Waals surface area contributed by atoms with Crippen LogP contribution in [0.15, 0.2) is 24.5 Å². The van der Waals surface area contributed by atoms with Crippen molar-refractivity contribution in [1.29, 1.82) is 0 Å².